The molecule has 2 aromatic rings. The Morgan fingerprint density at radius 2 is 1.97 bits per heavy atom. The quantitative estimate of drug-likeness (QED) is 0.248. The van der Waals surface area contributed by atoms with Crippen molar-refractivity contribution in [3.63, 3.8) is 0 Å². The highest BCUT2D eigenvalue weighted by atomic mass is 35.5. The Labute approximate surface area is 225 Å². The minimum absolute atomic E-state index is 0.0814. The molecule has 0 radical (unpaired) electrons. The van der Waals surface area contributed by atoms with Gasteiger partial charge in [0.2, 0.25) is 11.8 Å². The van der Waals surface area contributed by atoms with E-state index in [-0.39, 0.29) is 23.6 Å². The molecule has 0 aliphatic carbocycles. The molecule has 190 valence electrons. The third-order valence-electron chi connectivity index (χ3n) is 5.74. The molecule has 1 saturated heterocycles. The fourth-order valence-electron chi connectivity index (χ4n) is 3.86. The Morgan fingerprint density at radius 3 is 2.69 bits per heavy atom. The number of hydrogen-bond donors (Lipinski definition) is 1. The molecule has 1 aromatic carbocycles. The molecule has 1 aromatic heterocycles. The van der Waals surface area contributed by atoms with Crippen LogP contribution in [-0.2, 0) is 16.0 Å². The summed E-state index contributed by atoms with van der Waals surface area (Å²) in [5.41, 5.74) is 0.924. The Morgan fingerprint density at radius 1 is 1.17 bits per heavy atom. The lowest BCUT2D eigenvalue weighted by molar-refractivity contribution is -0.133. The summed E-state index contributed by atoms with van der Waals surface area (Å²) in [6, 6.07) is 7.13. The van der Waals surface area contributed by atoms with Gasteiger partial charge in [-0.3, -0.25) is 9.59 Å². The number of nitrogens with one attached hydrogen (secondary N) is 1. The fourth-order valence-corrected chi connectivity index (χ4v) is 5.28. The minimum Gasteiger partial charge on any atom is -0.355 e. The largest absolute Gasteiger partial charge is 0.355 e. The molecular formula is C24H30Cl3N5O2S. The van der Waals surface area contributed by atoms with Gasteiger partial charge in [0.15, 0.2) is 5.16 Å². The van der Waals surface area contributed by atoms with Crippen LogP contribution in [-0.4, -0.2) is 64.7 Å². The van der Waals surface area contributed by atoms with Crippen molar-refractivity contribution in [3.8, 4) is 0 Å². The molecule has 2 heterocycles. The first-order chi connectivity index (χ1) is 16.8. The van der Waals surface area contributed by atoms with Crippen LogP contribution in [0.3, 0.4) is 0 Å². The number of thioether (sulfide) groups is 1. The van der Waals surface area contributed by atoms with E-state index in [1.54, 1.807) is 18.2 Å². The molecular weight excluding hydrogens is 529 g/mol. The summed E-state index contributed by atoms with van der Waals surface area (Å²) in [4.78, 5) is 37.7. The van der Waals surface area contributed by atoms with Gasteiger partial charge in [0, 0.05) is 54.8 Å². The number of carbonyl (C=O) groups excluding carboxylic acids is 2. The van der Waals surface area contributed by atoms with E-state index in [4.69, 9.17) is 34.8 Å². The van der Waals surface area contributed by atoms with Gasteiger partial charge >= 0.3 is 0 Å². The van der Waals surface area contributed by atoms with Gasteiger partial charge in [-0.25, -0.2) is 9.97 Å². The zero-order chi connectivity index (χ0) is 25.4. The van der Waals surface area contributed by atoms with Crippen LogP contribution < -0.4 is 10.2 Å². The molecule has 1 unspecified atom stereocenters. The average molecular weight is 559 g/mol. The Kier molecular flexibility index (Phi) is 10.8. The second-order valence-electron chi connectivity index (χ2n) is 8.44. The highest BCUT2D eigenvalue weighted by Gasteiger charge is 2.28. The molecule has 1 aliphatic heterocycles. The normalized spacial score (nSPS) is 15.9. The first-order valence-corrected chi connectivity index (χ1v) is 13.8. The van der Waals surface area contributed by atoms with Crippen LogP contribution in [0.5, 0.6) is 0 Å². The van der Waals surface area contributed by atoms with E-state index in [1.165, 1.54) is 11.8 Å². The van der Waals surface area contributed by atoms with Gasteiger partial charge in [-0.2, -0.15) is 0 Å². The van der Waals surface area contributed by atoms with Crippen LogP contribution in [0.2, 0.25) is 15.2 Å². The second-order valence-corrected chi connectivity index (χ2v) is 10.6. The van der Waals surface area contributed by atoms with Crippen molar-refractivity contribution in [1.29, 1.82) is 0 Å². The van der Waals surface area contributed by atoms with Gasteiger partial charge in [-0.1, -0.05) is 66.0 Å². The first-order valence-electron chi connectivity index (χ1n) is 11.7. The van der Waals surface area contributed by atoms with Crippen molar-refractivity contribution in [2.24, 2.45) is 0 Å². The molecule has 1 atom stereocenters. The van der Waals surface area contributed by atoms with Crippen LogP contribution >= 0.6 is 46.6 Å². The van der Waals surface area contributed by atoms with E-state index in [0.29, 0.717) is 65.2 Å². The van der Waals surface area contributed by atoms with Crippen LogP contribution in [0.25, 0.3) is 0 Å². The fraction of sp³-hybridized carbons (Fsp3) is 0.500. The number of aromatic nitrogens is 2. The third kappa shape index (κ3) is 8.41. The number of amides is 2. The Hall–Kier alpha value is -1.74. The van der Waals surface area contributed by atoms with Crippen molar-refractivity contribution >= 4 is 64.2 Å². The average Bonchev–Trinajstić information content (AvgIpc) is 2.82. The van der Waals surface area contributed by atoms with E-state index in [1.807, 2.05) is 11.0 Å². The topological polar surface area (TPSA) is 78.4 Å². The van der Waals surface area contributed by atoms with E-state index in [9.17, 15) is 9.59 Å². The summed E-state index contributed by atoms with van der Waals surface area (Å²) in [5, 5.41) is 4.81. The first kappa shape index (κ1) is 27.8. The van der Waals surface area contributed by atoms with Crippen LogP contribution in [0.4, 0.5) is 5.82 Å². The lowest BCUT2D eigenvalue weighted by atomic mass is 10.1. The minimum atomic E-state index is -0.127. The SMILES string of the molecule is CCCCC(=O)N1CCN(c2cc(Cl)nc(SCC(=O)NCCc3ccc(Cl)cc3Cl)n2)CC1C. The molecule has 35 heavy (non-hydrogen) atoms. The molecule has 7 nitrogen and oxygen atoms in total. The maximum Gasteiger partial charge on any atom is 0.230 e. The number of hydrogen-bond acceptors (Lipinski definition) is 6. The van der Waals surface area contributed by atoms with Crippen molar-refractivity contribution < 1.29 is 9.59 Å². The number of unbranched alkanes of at least 4 members (excludes halogenated alkanes) is 1. The Bertz CT molecular complexity index is 1040. The molecule has 1 aliphatic rings. The molecule has 0 bridgehead atoms. The highest BCUT2D eigenvalue weighted by molar-refractivity contribution is 7.99. The summed E-state index contributed by atoms with van der Waals surface area (Å²) in [6.45, 7) is 6.59. The van der Waals surface area contributed by atoms with E-state index in [0.717, 1.165) is 18.4 Å². The molecule has 0 saturated carbocycles. The van der Waals surface area contributed by atoms with Crippen LogP contribution in [0, 0.1) is 0 Å². The number of rotatable bonds is 10. The van der Waals surface area contributed by atoms with Crippen molar-refractivity contribution in [2.75, 3.05) is 36.8 Å². The maximum atomic E-state index is 12.5. The summed E-state index contributed by atoms with van der Waals surface area (Å²) in [5.74, 6) is 0.959. The third-order valence-corrected chi connectivity index (χ3v) is 7.37. The highest BCUT2D eigenvalue weighted by Crippen LogP contribution is 2.25. The van der Waals surface area contributed by atoms with Crippen molar-refractivity contribution in [2.45, 2.75) is 50.7 Å². The zero-order valence-corrected chi connectivity index (χ0v) is 23.0. The van der Waals surface area contributed by atoms with E-state index < -0.39 is 0 Å². The second kappa shape index (κ2) is 13.5. The molecule has 1 fully saturated rings. The summed E-state index contributed by atoms with van der Waals surface area (Å²) < 4.78 is 0. The number of carbonyl (C=O) groups is 2. The number of benzene rings is 1. The predicted octanol–water partition coefficient (Wildman–Crippen LogP) is 5.12. The monoisotopic (exact) mass is 557 g/mol. The van der Waals surface area contributed by atoms with Gasteiger partial charge < -0.3 is 15.1 Å². The predicted molar refractivity (Wildman–Crippen MR) is 144 cm³/mol. The lowest BCUT2D eigenvalue weighted by Gasteiger charge is -2.40. The van der Waals surface area contributed by atoms with Crippen molar-refractivity contribution in [1.82, 2.24) is 20.2 Å². The van der Waals surface area contributed by atoms with Gasteiger partial charge in [0.1, 0.15) is 11.0 Å². The summed E-state index contributed by atoms with van der Waals surface area (Å²) in [7, 11) is 0. The van der Waals surface area contributed by atoms with Gasteiger partial charge in [-0.15, -0.1) is 0 Å². The number of piperazine rings is 1. The van der Waals surface area contributed by atoms with Crippen molar-refractivity contribution in [3.05, 3.63) is 45.0 Å². The van der Waals surface area contributed by atoms with Crippen LogP contribution in [0.15, 0.2) is 29.4 Å². The molecule has 0 spiro atoms. The lowest BCUT2D eigenvalue weighted by Crippen LogP contribution is -2.54. The van der Waals surface area contributed by atoms with Gasteiger partial charge in [-0.05, 0) is 37.5 Å². The molecule has 1 N–H and O–H groups in total. The molecule has 2 amide bonds. The Balaban J connectivity index is 1.50. The number of anilines is 1. The molecule has 11 heteroatoms. The maximum absolute atomic E-state index is 12.5. The van der Waals surface area contributed by atoms with Crippen LogP contribution in [0.1, 0.15) is 38.7 Å². The summed E-state index contributed by atoms with van der Waals surface area (Å²) >= 11 is 19.6. The van der Waals surface area contributed by atoms with E-state index >= 15 is 0 Å². The zero-order valence-electron chi connectivity index (χ0n) is 19.9. The van der Waals surface area contributed by atoms with E-state index in [2.05, 4.69) is 34.0 Å². The molecule has 3 rings (SSSR count). The number of halogens is 3. The van der Waals surface area contributed by atoms with Gasteiger partial charge in [0.05, 0.1) is 5.75 Å². The summed E-state index contributed by atoms with van der Waals surface area (Å²) in [6.07, 6.45) is 3.12. The van der Waals surface area contributed by atoms with Gasteiger partial charge in [0.25, 0.3) is 0 Å². The smallest absolute Gasteiger partial charge is 0.230 e. The standard InChI is InChI=1S/C24H30Cl3N5O2S/c1-3-4-5-23(34)32-11-10-31(14-16(32)2)21-13-20(27)29-24(30-21)35-15-22(33)28-9-8-17-6-7-18(25)12-19(17)26/h6-7,12-13,16H,3-5,8-11,14-15H2,1-2H3,(H,28,33). The number of nitrogens with zero attached hydrogens (tertiary/aromatic N) is 4.